The van der Waals surface area contributed by atoms with Crippen LogP contribution in [0.15, 0.2) is 35.3 Å². The van der Waals surface area contributed by atoms with Crippen molar-refractivity contribution in [3.8, 4) is 17.6 Å². The predicted molar refractivity (Wildman–Crippen MR) is 133 cm³/mol. The lowest BCUT2D eigenvalue weighted by atomic mass is 10.0. The summed E-state index contributed by atoms with van der Waals surface area (Å²) >= 11 is 0. The molecule has 4 heterocycles. The zero-order chi connectivity index (χ0) is 24.9. The molecule has 0 bridgehead atoms. The molecule has 35 heavy (non-hydrogen) atoms. The molecular formula is C26H32N6O3. The number of ether oxygens (including phenoxy) is 2. The van der Waals surface area contributed by atoms with Gasteiger partial charge in [-0.2, -0.15) is 5.26 Å². The minimum atomic E-state index is -0.340. The Morgan fingerprint density at radius 1 is 1.26 bits per heavy atom. The standard InChI is InChI=1S/C26H32N6O3/c1-17-14-30(18(2)19-6-7-22-23(12-19)35-26(3,4)16-34-22)10-11-31(17)21-13-24(33)29(5)32-15-20(8-9-27)28-25(21)32/h6-7,12-13,15,17-18H,8,10-11,14,16H2,1-5H3. The van der Waals surface area contributed by atoms with Crippen LogP contribution in [0.25, 0.3) is 5.65 Å². The van der Waals surface area contributed by atoms with E-state index in [-0.39, 0.29) is 29.7 Å². The summed E-state index contributed by atoms with van der Waals surface area (Å²) < 4.78 is 15.3. The SMILES string of the molecule is CC(c1ccc2c(c1)OC(C)(C)CO2)N1CCN(c2cc(=O)n(C)n3cc(CC#N)nc23)C(C)C1. The molecule has 0 aliphatic carbocycles. The van der Waals surface area contributed by atoms with Gasteiger partial charge in [0.05, 0.1) is 30.1 Å². The average Bonchev–Trinajstić information content (AvgIpc) is 3.24. The maximum Gasteiger partial charge on any atom is 0.267 e. The van der Waals surface area contributed by atoms with Gasteiger partial charge in [-0.3, -0.25) is 9.69 Å². The number of aryl methyl sites for hydroxylation is 1. The molecular weight excluding hydrogens is 444 g/mol. The average molecular weight is 477 g/mol. The van der Waals surface area contributed by atoms with Gasteiger partial charge in [0.15, 0.2) is 17.1 Å². The summed E-state index contributed by atoms with van der Waals surface area (Å²) in [5, 5.41) is 9.10. The first kappa shape index (κ1) is 23.2. The number of anilines is 1. The third-order valence-corrected chi connectivity index (χ3v) is 7.06. The van der Waals surface area contributed by atoms with Crippen LogP contribution in [-0.4, -0.2) is 57.0 Å². The van der Waals surface area contributed by atoms with E-state index in [1.807, 2.05) is 19.9 Å². The quantitative estimate of drug-likeness (QED) is 0.572. The van der Waals surface area contributed by atoms with Crippen molar-refractivity contribution in [2.45, 2.75) is 51.8 Å². The minimum Gasteiger partial charge on any atom is -0.486 e. The summed E-state index contributed by atoms with van der Waals surface area (Å²) in [5.41, 5.74) is 2.94. The molecule has 2 aliphatic heterocycles. The molecule has 0 radical (unpaired) electrons. The molecule has 184 valence electrons. The summed E-state index contributed by atoms with van der Waals surface area (Å²) in [6, 6.07) is 10.4. The van der Waals surface area contributed by atoms with Gasteiger partial charge in [0.1, 0.15) is 12.2 Å². The number of benzene rings is 1. The molecule has 0 saturated carbocycles. The molecule has 5 rings (SSSR count). The highest BCUT2D eigenvalue weighted by Gasteiger charge is 2.32. The van der Waals surface area contributed by atoms with Crippen molar-refractivity contribution in [2.24, 2.45) is 7.05 Å². The Hall–Kier alpha value is -3.51. The van der Waals surface area contributed by atoms with Crippen LogP contribution in [0.4, 0.5) is 5.69 Å². The van der Waals surface area contributed by atoms with Crippen LogP contribution in [0.3, 0.4) is 0 Å². The van der Waals surface area contributed by atoms with Crippen molar-refractivity contribution in [1.82, 2.24) is 19.1 Å². The Balaban J connectivity index is 1.38. The second-order valence-corrected chi connectivity index (χ2v) is 10.2. The Kier molecular flexibility index (Phi) is 5.72. The minimum absolute atomic E-state index is 0.101. The topological polar surface area (TPSA) is 88.0 Å². The second-order valence-electron chi connectivity index (χ2n) is 10.2. The number of aromatic nitrogens is 3. The highest BCUT2D eigenvalue weighted by Crippen LogP contribution is 2.38. The van der Waals surface area contributed by atoms with E-state index in [0.717, 1.165) is 36.8 Å². The lowest BCUT2D eigenvalue weighted by Crippen LogP contribution is -2.53. The van der Waals surface area contributed by atoms with Crippen LogP contribution in [-0.2, 0) is 13.5 Å². The van der Waals surface area contributed by atoms with Gasteiger partial charge in [-0.25, -0.2) is 14.2 Å². The first-order valence-corrected chi connectivity index (χ1v) is 12.1. The van der Waals surface area contributed by atoms with Crippen LogP contribution in [0.2, 0.25) is 0 Å². The molecule has 3 aromatic rings. The number of imidazole rings is 1. The zero-order valence-electron chi connectivity index (χ0n) is 21.0. The van der Waals surface area contributed by atoms with Crippen molar-refractivity contribution < 1.29 is 9.47 Å². The monoisotopic (exact) mass is 476 g/mol. The Labute approximate surface area is 205 Å². The summed E-state index contributed by atoms with van der Waals surface area (Å²) in [6.45, 7) is 11.5. The van der Waals surface area contributed by atoms with Gasteiger partial charge in [0.25, 0.3) is 5.56 Å². The molecule has 9 heteroatoms. The maximum absolute atomic E-state index is 12.7. The van der Waals surface area contributed by atoms with Crippen LogP contribution < -0.4 is 19.9 Å². The summed E-state index contributed by atoms with van der Waals surface area (Å²) in [5.74, 6) is 1.59. The number of piperazine rings is 1. The van der Waals surface area contributed by atoms with Gasteiger partial charge in [-0.05, 0) is 45.4 Å². The molecule has 0 N–H and O–H groups in total. The molecule has 9 nitrogen and oxygen atoms in total. The largest absolute Gasteiger partial charge is 0.486 e. The Morgan fingerprint density at radius 2 is 2.06 bits per heavy atom. The Bertz CT molecular complexity index is 1370. The number of hydrogen-bond donors (Lipinski definition) is 0. The van der Waals surface area contributed by atoms with E-state index in [1.165, 1.54) is 10.2 Å². The molecule has 1 fully saturated rings. The lowest BCUT2D eigenvalue weighted by molar-refractivity contribution is 0.0210. The fourth-order valence-corrected chi connectivity index (χ4v) is 5.05. The molecule has 2 unspecified atom stereocenters. The predicted octanol–water partition coefficient (Wildman–Crippen LogP) is 2.92. The van der Waals surface area contributed by atoms with Gasteiger partial charge in [-0.1, -0.05) is 6.07 Å². The van der Waals surface area contributed by atoms with Gasteiger partial charge < -0.3 is 14.4 Å². The molecule has 0 spiro atoms. The normalized spacial score (nSPS) is 20.6. The van der Waals surface area contributed by atoms with Gasteiger partial charge in [0.2, 0.25) is 0 Å². The van der Waals surface area contributed by atoms with E-state index >= 15 is 0 Å². The van der Waals surface area contributed by atoms with Gasteiger partial charge >= 0.3 is 0 Å². The molecule has 0 amide bonds. The number of nitriles is 1. The van der Waals surface area contributed by atoms with Crippen LogP contribution in [0, 0.1) is 11.3 Å². The molecule has 1 saturated heterocycles. The number of fused-ring (bicyclic) bond motifs is 2. The van der Waals surface area contributed by atoms with Crippen molar-refractivity contribution in [1.29, 1.82) is 5.26 Å². The summed E-state index contributed by atoms with van der Waals surface area (Å²) in [6.07, 6.45) is 1.98. The number of rotatable bonds is 4. The van der Waals surface area contributed by atoms with Gasteiger partial charge in [0, 0.05) is 44.8 Å². The Morgan fingerprint density at radius 3 is 2.80 bits per heavy atom. The van der Waals surface area contributed by atoms with Crippen molar-refractivity contribution in [3.05, 3.63) is 52.1 Å². The molecule has 1 aromatic carbocycles. The number of hydrogen-bond acceptors (Lipinski definition) is 7. The molecule has 2 atom stereocenters. The van der Waals surface area contributed by atoms with E-state index in [9.17, 15) is 4.79 Å². The first-order chi connectivity index (χ1) is 16.7. The zero-order valence-corrected chi connectivity index (χ0v) is 21.0. The van der Waals surface area contributed by atoms with Crippen LogP contribution in [0.5, 0.6) is 11.5 Å². The lowest BCUT2D eigenvalue weighted by Gasteiger charge is -2.43. The van der Waals surface area contributed by atoms with E-state index < -0.39 is 0 Å². The third kappa shape index (κ3) is 4.23. The van der Waals surface area contributed by atoms with Gasteiger partial charge in [-0.15, -0.1) is 0 Å². The van der Waals surface area contributed by atoms with E-state index in [2.05, 4.69) is 46.8 Å². The van der Waals surface area contributed by atoms with Crippen molar-refractivity contribution >= 4 is 11.3 Å². The van der Waals surface area contributed by atoms with E-state index in [0.29, 0.717) is 17.9 Å². The van der Waals surface area contributed by atoms with Crippen LogP contribution in [0.1, 0.15) is 45.0 Å². The molecule has 2 aromatic heterocycles. The summed E-state index contributed by atoms with van der Waals surface area (Å²) in [4.78, 5) is 22.1. The molecule has 2 aliphatic rings. The smallest absolute Gasteiger partial charge is 0.267 e. The highest BCUT2D eigenvalue weighted by molar-refractivity contribution is 5.69. The fourth-order valence-electron chi connectivity index (χ4n) is 5.05. The van der Waals surface area contributed by atoms with E-state index in [4.69, 9.17) is 14.7 Å². The first-order valence-electron chi connectivity index (χ1n) is 12.1. The van der Waals surface area contributed by atoms with E-state index in [1.54, 1.807) is 23.8 Å². The van der Waals surface area contributed by atoms with Crippen molar-refractivity contribution in [2.75, 3.05) is 31.1 Å². The summed E-state index contributed by atoms with van der Waals surface area (Å²) in [7, 11) is 1.72. The maximum atomic E-state index is 12.7. The van der Waals surface area contributed by atoms with Crippen LogP contribution >= 0.6 is 0 Å². The highest BCUT2D eigenvalue weighted by atomic mass is 16.6. The number of nitrogens with zero attached hydrogens (tertiary/aromatic N) is 6. The fraction of sp³-hybridized carbons (Fsp3) is 0.500. The second kappa shape index (κ2) is 8.61. The van der Waals surface area contributed by atoms with Crippen molar-refractivity contribution in [3.63, 3.8) is 0 Å². The third-order valence-electron chi connectivity index (χ3n) is 7.06.